The van der Waals surface area contributed by atoms with Crippen molar-refractivity contribution in [3.05, 3.63) is 59.7 Å². The highest BCUT2D eigenvalue weighted by atomic mass is 16.5. The number of aryl methyl sites for hydroxylation is 2. The second-order valence-electron chi connectivity index (χ2n) is 5.63. The molecule has 0 saturated heterocycles. The van der Waals surface area contributed by atoms with Gasteiger partial charge in [-0.15, -0.1) is 5.10 Å². The van der Waals surface area contributed by atoms with Gasteiger partial charge >= 0.3 is 0 Å². The quantitative estimate of drug-likeness (QED) is 0.625. The summed E-state index contributed by atoms with van der Waals surface area (Å²) in [7, 11) is 0. The summed E-state index contributed by atoms with van der Waals surface area (Å²) < 4.78 is 6.98. The van der Waals surface area contributed by atoms with Crippen molar-refractivity contribution in [2.45, 2.75) is 20.4 Å². The van der Waals surface area contributed by atoms with Crippen LogP contribution in [0.3, 0.4) is 0 Å². The van der Waals surface area contributed by atoms with E-state index in [1.165, 1.54) is 0 Å². The van der Waals surface area contributed by atoms with Crippen molar-refractivity contribution in [3.63, 3.8) is 0 Å². The first kappa shape index (κ1) is 14.4. The van der Waals surface area contributed by atoms with Gasteiger partial charge in [0.25, 0.3) is 0 Å². The summed E-state index contributed by atoms with van der Waals surface area (Å²) in [5, 5.41) is 19.7. The first-order valence-corrected chi connectivity index (χ1v) is 7.63. The number of hydrogen-bond donors (Lipinski definition) is 1. The number of rotatable bonds is 4. The van der Waals surface area contributed by atoms with E-state index >= 15 is 0 Å². The summed E-state index contributed by atoms with van der Waals surface area (Å²) in [6.45, 7) is 4.40. The smallest absolute Gasteiger partial charge is 0.138 e. The minimum absolute atomic E-state index is 0.576. The van der Waals surface area contributed by atoms with E-state index in [0.29, 0.717) is 6.54 Å². The van der Waals surface area contributed by atoms with Crippen LogP contribution in [0, 0.1) is 13.8 Å². The van der Waals surface area contributed by atoms with Crippen molar-refractivity contribution in [2.24, 2.45) is 0 Å². The summed E-state index contributed by atoms with van der Waals surface area (Å²) in [5.41, 5.74) is 5.59. The first-order valence-electron chi connectivity index (χ1n) is 7.63. The summed E-state index contributed by atoms with van der Waals surface area (Å²) in [6.07, 6.45) is 3.68. The molecule has 3 aromatic heterocycles. The Morgan fingerprint density at radius 2 is 2.00 bits per heavy atom. The van der Waals surface area contributed by atoms with Crippen molar-refractivity contribution >= 4 is 0 Å². The molecule has 1 N–H and O–H groups in total. The number of hydrogen-bond acceptors (Lipinski definition) is 5. The van der Waals surface area contributed by atoms with Crippen molar-refractivity contribution < 1.29 is 4.52 Å². The zero-order valence-electron chi connectivity index (χ0n) is 13.4. The molecule has 3 heterocycles. The van der Waals surface area contributed by atoms with Gasteiger partial charge in [-0.1, -0.05) is 40.7 Å². The van der Waals surface area contributed by atoms with Gasteiger partial charge in [-0.3, -0.25) is 5.10 Å². The van der Waals surface area contributed by atoms with E-state index in [2.05, 4.69) is 25.7 Å². The van der Waals surface area contributed by atoms with Crippen molar-refractivity contribution in [3.8, 4) is 22.5 Å². The van der Waals surface area contributed by atoms with E-state index in [9.17, 15) is 0 Å². The lowest BCUT2D eigenvalue weighted by Gasteiger charge is -2.00. The molecule has 0 spiro atoms. The Balaban J connectivity index is 1.66. The molecule has 0 amide bonds. The molecule has 0 atom stereocenters. The molecule has 7 nitrogen and oxygen atoms in total. The number of aromatic amines is 1. The monoisotopic (exact) mass is 320 g/mol. The van der Waals surface area contributed by atoms with Crippen molar-refractivity contribution in [1.82, 2.24) is 30.3 Å². The van der Waals surface area contributed by atoms with Gasteiger partial charge < -0.3 is 4.52 Å². The van der Waals surface area contributed by atoms with E-state index in [0.717, 1.165) is 39.5 Å². The maximum absolute atomic E-state index is 5.20. The van der Waals surface area contributed by atoms with Crippen LogP contribution in [-0.2, 0) is 6.54 Å². The van der Waals surface area contributed by atoms with Gasteiger partial charge in [-0.05, 0) is 13.8 Å². The lowest BCUT2D eigenvalue weighted by atomic mass is 10.1. The Bertz CT molecular complexity index is 947. The topological polar surface area (TPSA) is 85.4 Å². The molecule has 4 rings (SSSR count). The predicted octanol–water partition coefficient (Wildman–Crippen LogP) is 2.99. The molecule has 0 aliphatic heterocycles. The van der Waals surface area contributed by atoms with Crippen LogP contribution in [0.15, 0.2) is 47.2 Å². The molecule has 4 aromatic rings. The van der Waals surface area contributed by atoms with Gasteiger partial charge in [-0.25, -0.2) is 4.68 Å². The molecule has 0 radical (unpaired) electrons. The third-order valence-corrected chi connectivity index (χ3v) is 4.02. The van der Waals surface area contributed by atoms with Gasteiger partial charge in [0.05, 0.1) is 30.3 Å². The Kier molecular flexibility index (Phi) is 3.45. The van der Waals surface area contributed by atoms with E-state index in [4.69, 9.17) is 4.52 Å². The first-order chi connectivity index (χ1) is 11.7. The second-order valence-corrected chi connectivity index (χ2v) is 5.63. The van der Waals surface area contributed by atoms with Crippen LogP contribution in [0.25, 0.3) is 22.5 Å². The normalized spacial score (nSPS) is 11.1. The van der Waals surface area contributed by atoms with Crippen LogP contribution < -0.4 is 0 Å². The molecule has 0 aliphatic rings. The third kappa shape index (κ3) is 2.50. The molecular formula is C17H16N6O. The fourth-order valence-electron chi connectivity index (χ4n) is 2.69. The maximum Gasteiger partial charge on any atom is 0.138 e. The summed E-state index contributed by atoms with van der Waals surface area (Å²) >= 11 is 0. The molecule has 1 aromatic carbocycles. The zero-order chi connectivity index (χ0) is 16.5. The highest BCUT2D eigenvalue weighted by Crippen LogP contribution is 2.28. The van der Waals surface area contributed by atoms with Crippen LogP contribution in [0.5, 0.6) is 0 Å². The minimum atomic E-state index is 0.576. The molecule has 120 valence electrons. The Morgan fingerprint density at radius 3 is 2.75 bits per heavy atom. The third-order valence-electron chi connectivity index (χ3n) is 4.02. The predicted molar refractivity (Wildman–Crippen MR) is 88.1 cm³/mol. The summed E-state index contributed by atoms with van der Waals surface area (Å²) in [5.74, 6) is 0.804. The second kappa shape index (κ2) is 5.77. The number of H-pyrrole nitrogens is 1. The Morgan fingerprint density at radius 1 is 1.17 bits per heavy atom. The zero-order valence-corrected chi connectivity index (χ0v) is 13.4. The van der Waals surface area contributed by atoms with Crippen molar-refractivity contribution in [1.29, 1.82) is 0 Å². The molecule has 0 unspecified atom stereocenters. The summed E-state index contributed by atoms with van der Waals surface area (Å²) in [6, 6.07) is 10.0. The highest BCUT2D eigenvalue weighted by Gasteiger charge is 2.15. The summed E-state index contributed by atoms with van der Waals surface area (Å²) in [4.78, 5) is 0. The highest BCUT2D eigenvalue weighted by molar-refractivity contribution is 5.77. The number of nitrogens with zero attached hydrogens (tertiary/aromatic N) is 5. The average molecular weight is 320 g/mol. The lowest BCUT2D eigenvalue weighted by molar-refractivity contribution is 0.391. The number of nitrogens with one attached hydrogen (secondary N) is 1. The number of aromatic nitrogens is 6. The van der Waals surface area contributed by atoms with Crippen LogP contribution in [0.4, 0.5) is 0 Å². The molecule has 0 saturated carbocycles. The maximum atomic E-state index is 5.20. The Hall–Kier alpha value is -3.22. The lowest BCUT2D eigenvalue weighted by Crippen LogP contribution is -2.02. The van der Waals surface area contributed by atoms with Crippen LogP contribution in [-0.4, -0.2) is 30.3 Å². The van der Waals surface area contributed by atoms with Gasteiger partial charge in [0, 0.05) is 16.7 Å². The standard InChI is InChI=1S/C17H16N6O/c1-11-15(12(2)24-21-11)9-23-10-16(19-22-23)14-8-18-20-17(14)13-6-4-3-5-7-13/h3-8,10H,9H2,1-2H3,(H,18,20). The van der Waals surface area contributed by atoms with E-state index < -0.39 is 0 Å². The van der Waals surface area contributed by atoms with E-state index in [1.54, 1.807) is 10.9 Å². The van der Waals surface area contributed by atoms with E-state index in [1.807, 2.05) is 50.4 Å². The fraction of sp³-hybridized carbons (Fsp3) is 0.176. The van der Waals surface area contributed by atoms with Crippen LogP contribution >= 0.6 is 0 Å². The van der Waals surface area contributed by atoms with Crippen molar-refractivity contribution in [2.75, 3.05) is 0 Å². The fourth-order valence-corrected chi connectivity index (χ4v) is 2.69. The minimum Gasteiger partial charge on any atom is -0.361 e. The molecule has 24 heavy (non-hydrogen) atoms. The van der Waals surface area contributed by atoms with Crippen LogP contribution in [0.1, 0.15) is 17.0 Å². The van der Waals surface area contributed by atoms with Gasteiger partial charge in [0.15, 0.2) is 0 Å². The SMILES string of the molecule is Cc1noc(C)c1Cn1cc(-c2cn[nH]c2-c2ccccc2)nn1. The average Bonchev–Trinajstić information content (AvgIpc) is 3.32. The molecular weight excluding hydrogens is 304 g/mol. The molecule has 7 heteroatoms. The molecule has 0 aliphatic carbocycles. The molecule has 0 bridgehead atoms. The Labute approximate surface area is 138 Å². The van der Waals surface area contributed by atoms with Gasteiger partial charge in [0.1, 0.15) is 11.5 Å². The van der Waals surface area contributed by atoms with Gasteiger partial charge in [-0.2, -0.15) is 5.10 Å². The number of benzene rings is 1. The largest absolute Gasteiger partial charge is 0.361 e. The van der Waals surface area contributed by atoms with Gasteiger partial charge in [0.2, 0.25) is 0 Å². The van der Waals surface area contributed by atoms with E-state index in [-0.39, 0.29) is 0 Å². The molecule has 0 fully saturated rings. The van der Waals surface area contributed by atoms with Crippen LogP contribution in [0.2, 0.25) is 0 Å².